The molecule has 0 aliphatic rings. The number of hydrogen-bond donors (Lipinski definition) is 2. The summed E-state index contributed by atoms with van der Waals surface area (Å²) < 4.78 is 2.16. The van der Waals surface area contributed by atoms with Gasteiger partial charge < -0.3 is 20.4 Å². The molecule has 0 heterocycles. The van der Waals surface area contributed by atoms with Crippen LogP contribution < -0.4 is 20.4 Å². The van der Waals surface area contributed by atoms with Gasteiger partial charge >= 0.3 is 0 Å². The van der Waals surface area contributed by atoms with E-state index in [1.165, 1.54) is 11.1 Å². The van der Waals surface area contributed by atoms with Crippen LogP contribution in [0.25, 0.3) is 0 Å². The summed E-state index contributed by atoms with van der Waals surface area (Å²) in [5, 5.41) is 6.86. The molecular weight excluding hydrogens is 680 g/mol. The van der Waals surface area contributed by atoms with E-state index in [1.54, 1.807) is 9.80 Å². The SMILES string of the molecule is CCCCN(C=O)c1ccccc1NCc1ccccc1Br.CCCCN(C=O)c1ccccc1NCc1ccccc1Br. The highest BCUT2D eigenvalue weighted by Gasteiger charge is 2.11. The molecule has 2 N–H and O–H groups in total. The molecular formula is C36H42Br2N4O2. The second kappa shape index (κ2) is 19.6. The maximum Gasteiger partial charge on any atom is 0.214 e. The highest BCUT2D eigenvalue weighted by molar-refractivity contribution is 9.10. The number of unbranched alkanes of at least 4 members (excludes halogenated alkanes) is 2. The number of carbonyl (C=O) groups excluding carboxylic acids is 2. The van der Waals surface area contributed by atoms with Gasteiger partial charge in [-0.1, -0.05) is 119 Å². The maximum absolute atomic E-state index is 11.4. The predicted molar refractivity (Wildman–Crippen MR) is 192 cm³/mol. The summed E-state index contributed by atoms with van der Waals surface area (Å²) in [5.41, 5.74) is 6.17. The number of anilines is 4. The molecule has 4 aromatic rings. The van der Waals surface area contributed by atoms with Gasteiger partial charge in [-0.15, -0.1) is 0 Å². The Morgan fingerprint density at radius 3 is 1.30 bits per heavy atom. The molecule has 0 saturated carbocycles. The number of nitrogens with zero attached hydrogens (tertiary/aromatic N) is 2. The number of nitrogens with one attached hydrogen (secondary N) is 2. The lowest BCUT2D eigenvalue weighted by atomic mass is 10.2. The Morgan fingerprint density at radius 2 is 0.932 bits per heavy atom. The predicted octanol–water partition coefficient (Wildman–Crippen LogP) is 9.65. The van der Waals surface area contributed by atoms with Crippen LogP contribution in [-0.4, -0.2) is 25.9 Å². The van der Waals surface area contributed by atoms with E-state index < -0.39 is 0 Å². The lowest BCUT2D eigenvalue weighted by Crippen LogP contribution is -2.23. The largest absolute Gasteiger partial charge is 0.379 e. The molecule has 0 aliphatic heterocycles. The monoisotopic (exact) mass is 720 g/mol. The molecule has 4 rings (SSSR count). The molecule has 0 saturated heterocycles. The fourth-order valence-corrected chi connectivity index (χ4v) is 5.38. The fourth-order valence-electron chi connectivity index (χ4n) is 4.53. The second-order valence-electron chi connectivity index (χ2n) is 10.2. The Hall–Kier alpha value is -3.62. The van der Waals surface area contributed by atoms with Gasteiger partial charge in [0, 0.05) is 35.1 Å². The average molecular weight is 723 g/mol. The zero-order valence-corrected chi connectivity index (χ0v) is 28.7. The molecule has 0 atom stereocenters. The van der Waals surface area contributed by atoms with Crippen LogP contribution in [0, 0.1) is 0 Å². The first-order valence-corrected chi connectivity index (χ1v) is 16.7. The summed E-state index contributed by atoms with van der Waals surface area (Å²) in [5.74, 6) is 0. The van der Waals surface area contributed by atoms with Crippen LogP contribution in [0.4, 0.5) is 22.7 Å². The summed E-state index contributed by atoms with van der Waals surface area (Å²) >= 11 is 7.12. The maximum atomic E-state index is 11.4. The minimum atomic E-state index is 0.707. The molecule has 232 valence electrons. The van der Waals surface area contributed by atoms with E-state index in [0.717, 1.165) is 83.3 Å². The molecule has 0 aliphatic carbocycles. The van der Waals surface area contributed by atoms with Crippen LogP contribution in [0.15, 0.2) is 106 Å². The molecule has 0 fully saturated rings. The van der Waals surface area contributed by atoms with Crippen molar-refractivity contribution in [2.45, 2.75) is 52.6 Å². The Bertz CT molecular complexity index is 1340. The first-order chi connectivity index (χ1) is 21.5. The van der Waals surface area contributed by atoms with Crippen molar-refractivity contribution < 1.29 is 9.59 Å². The number of hydrogen-bond acceptors (Lipinski definition) is 4. The zero-order chi connectivity index (χ0) is 31.6. The number of halogens is 2. The molecule has 0 bridgehead atoms. The summed E-state index contributed by atoms with van der Waals surface area (Å²) in [7, 11) is 0. The summed E-state index contributed by atoms with van der Waals surface area (Å²) in [4.78, 5) is 26.3. The molecule has 4 aromatic carbocycles. The van der Waals surface area contributed by atoms with E-state index in [4.69, 9.17) is 0 Å². The van der Waals surface area contributed by atoms with Crippen molar-refractivity contribution in [3.8, 4) is 0 Å². The highest BCUT2D eigenvalue weighted by atomic mass is 79.9. The van der Waals surface area contributed by atoms with Gasteiger partial charge in [0.1, 0.15) is 0 Å². The van der Waals surface area contributed by atoms with Gasteiger partial charge in [0.05, 0.1) is 22.7 Å². The summed E-state index contributed by atoms with van der Waals surface area (Å²) in [6.07, 6.45) is 5.95. The third kappa shape index (κ3) is 10.8. The summed E-state index contributed by atoms with van der Waals surface area (Å²) in [6.45, 7) is 7.15. The number of carbonyl (C=O) groups is 2. The third-order valence-corrected chi connectivity index (χ3v) is 8.59. The lowest BCUT2D eigenvalue weighted by molar-refractivity contribution is -0.108. The van der Waals surface area contributed by atoms with Gasteiger partial charge in [-0.25, -0.2) is 0 Å². The van der Waals surface area contributed by atoms with Crippen LogP contribution in [0.5, 0.6) is 0 Å². The van der Waals surface area contributed by atoms with E-state index in [0.29, 0.717) is 13.1 Å². The molecule has 0 unspecified atom stereocenters. The van der Waals surface area contributed by atoms with Crippen LogP contribution in [-0.2, 0) is 22.7 Å². The molecule has 44 heavy (non-hydrogen) atoms. The Balaban J connectivity index is 0.000000240. The van der Waals surface area contributed by atoms with Crippen LogP contribution in [0.1, 0.15) is 50.7 Å². The van der Waals surface area contributed by atoms with Gasteiger partial charge in [-0.2, -0.15) is 0 Å². The normalized spacial score (nSPS) is 10.3. The number of amides is 2. The van der Waals surface area contributed by atoms with Gasteiger partial charge in [0.15, 0.2) is 0 Å². The minimum absolute atomic E-state index is 0.707. The Kier molecular flexibility index (Phi) is 15.5. The minimum Gasteiger partial charge on any atom is -0.379 e. The molecule has 8 heteroatoms. The van der Waals surface area contributed by atoms with Crippen molar-refractivity contribution in [1.82, 2.24) is 0 Å². The van der Waals surface area contributed by atoms with Crippen molar-refractivity contribution in [2.75, 3.05) is 33.5 Å². The summed E-state index contributed by atoms with van der Waals surface area (Å²) in [6, 6.07) is 32.1. The molecule has 0 aromatic heterocycles. The van der Waals surface area contributed by atoms with Crippen molar-refractivity contribution >= 4 is 67.4 Å². The lowest BCUT2D eigenvalue weighted by Gasteiger charge is -2.21. The van der Waals surface area contributed by atoms with Gasteiger partial charge in [-0.3, -0.25) is 9.59 Å². The smallest absolute Gasteiger partial charge is 0.214 e. The quantitative estimate of drug-likeness (QED) is 0.113. The molecule has 6 nitrogen and oxygen atoms in total. The van der Waals surface area contributed by atoms with Crippen molar-refractivity contribution in [3.63, 3.8) is 0 Å². The highest BCUT2D eigenvalue weighted by Crippen LogP contribution is 2.28. The number of benzene rings is 4. The van der Waals surface area contributed by atoms with Crippen LogP contribution in [0.3, 0.4) is 0 Å². The van der Waals surface area contributed by atoms with Crippen LogP contribution in [0.2, 0.25) is 0 Å². The number of rotatable bonds is 16. The first-order valence-electron chi connectivity index (χ1n) is 15.1. The topological polar surface area (TPSA) is 64.7 Å². The second-order valence-corrected chi connectivity index (χ2v) is 11.9. The van der Waals surface area contributed by atoms with Gasteiger partial charge in [0.2, 0.25) is 12.8 Å². The van der Waals surface area contributed by atoms with Crippen molar-refractivity contribution in [2.24, 2.45) is 0 Å². The van der Waals surface area contributed by atoms with E-state index in [2.05, 4.69) is 68.5 Å². The standard InChI is InChI=1S/2C18H21BrN2O/c2*1-2-3-12-21(14-22)18-11-7-6-10-17(18)20-13-15-8-4-5-9-16(15)19/h2*4-11,14,20H,2-3,12-13H2,1H3. The zero-order valence-electron chi connectivity index (χ0n) is 25.5. The Morgan fingerprint density at radius 1 is 0.568 bits per heavy atom. The van der Waals surface area contributed by atoms with Gasteiger partial charge in [-0.05, 0) is 60.4 Å². The van der Waals surface area contributed by atoms with E-state index in [1.807, 2.05) is 84.9 Å². The third-order valence-electron chi connectivity index (χ3n) is 7.04. The molecule has 0 spiro atoms. The fraction of sp³-hybridized carbons (Fsp3) is 0.278. The average Bonchev–Trinajstić information content (AvgIpc) is 3.06. The first kappa shape index (κ1) is 34.9. The van der Waals surface area contributed by atoms with Gasteiger partial charge in [0.25, 0.3) is 0 Å². The molecule has 2 amide bonds. The van der Waals surface area contributed by atoms with E-state index >= 15 is 0 Å². The van der Waals surface area contributed by atoms with E-state index in [-0.39, 0.29) is 0 Å². The van der Waals surface area contributed by atoms with Crippen LogP contribution >= 0.6 is 31.9 Å². The van der Waals surface area contributed by atoms with Crippen molar-refractivity contribution in [1.29, 1.82) is 0 Å². The number of para-hydroxylation sites is 4. The van der Waals surface area contributed by atoms with Crippen molar-refractivity contribution in [3.05, 3.63) is 117 Å². The molecule has 0 radical (unpaired) electrons. The van der Waals surface area contributed by atoms with E-state index in [9.17, 15) is 9.59 Å². The Labute approximate surface area is 279 Å².